The first kappa shape index (κ1) is 15.0. The van der Waals surface area contributed by atoms with Crippen LogP contribution in [0.15, 0.2) is 40.2 Å². The summed E-state index contributed by atoms with van der Waals surface area (Å²) in [7, 11) is 0. The molecule has 1 N–H and O–H groups in total. The van der Waals surface area contributed by atoms with Gasteiger partial charge in [0.25, 0.3) is 0 Å². The molecule has 0 radical (unpaired) electrons. The number of halogens is 2. The summed E-state index contributed by atoms with van der Waals surface area (Å²) >= 11 is 11.3. The van der Waals surface area contributed by atoms with Gasteiger partial charge in [-0.2, -0.15) is 0 Å². The van der Waals surface area contributed by atoms with Gasteiger partial charge in [0.15, 0.2) is 0 Å². The molecule has 1 nitrogen and oxygen atoms in total. The smallest absolute Gasteiger partial charge is 0.0406 e. The van der Waals surface area contributed by atoms with Crippen molar-refractivity contribution >= 4 is 38.9 Å². The van der Waals surface area contributed by atoms with Gasteiger partial charge in [0, 0.05) is 27.0 Å². The summed E-state index contributed by atoms with van der Waals surface area (Å²) in [5, 5.41) is 6.54. The van der Waals surface area contributed by atoms with Crippen molar-refractivity contribution < 1.29 is 0 Å². The molecule has 0 aliphatic rings. The lowest BCUT2D eigenvalue weighted by Gasteiger charge is -2.18. The van der Waals surface area contributed by atoms with Crippen molar-refractivity contribution in [2.75, 3.05) is 0 Å². The van der Waals surface area contributed by atoms with E-state index in [1.54, 1.807) is 11.3 Å². The van der Waals surface area contributed by atoms with Crippen molar-refractivity contribution in [2.24, 2.45) is 0 Å². The Labute approximate surface area is 132 Å². The highest BCUT2D eigenvalue weighted by atomic mass is 79.9. The van der Waals surface area contributed by atoms with Gasteiger partial charge in [-0.25, -0.2) is 0 Å². The van der Waals surface area contributed by atoms with Crippen LogP contribution >= 0.6 is 38.9 Å². The molecule has 1 unspecified atom stereocenters. The molecule has 0 saturated heterocycles. The lowest BCUT2D eigenvalue weighted by atomic mass is 10.0. The molecular formula is C15H17BrClNS. The first-order valence-electron chi connectivity index (χ1n) is 6.41. The highest BCUT2D eigenvalue weighted by molar-refractivity contribution is 9.10. The number of hydrogen-bond acceptors (Lipinski definition) is 2. The second-order valence-corrected chi connectivity index (χ2v) is 6.76. The fourth-order valence-corrected chi connectivity index (χ4v) is 3.61. The second kappa shape index (κ2) is 7.44. The van der Waals surface area contributed by atoms with Crippen LogP contribution in [-0.4, -0.2) is 0 Å². The first-order valence-corrected chi connectivity index (χ1v) is 8.46. The SMILES string of the molecule is CCCC(NCc1sccc1Br)c1ccc(Cl)cc1. The van der Waals surface area contributed by atoms with Crippen molar-refractivity contribution in [3.63, 3.8) is 0 Å². The van der Waals surface area contributed by atoms with E-state index >= 15 is 0 Å². The number of benzene rings is 1. The second-order valence-electron chi connectivity index (χ2n) is 4.47. The fraction of sp³-hybridized carbons (Fsp3) is 0.333. The zero-order chi connectivity index (χ0) is 13.7. The quantitative estimate of drug-likeness (QED) is 0.688. The molecule has 0 amide bonds. The summed E-state index contributed by atoms with van der Waals surface area (Å²) in [5.41, 5.74) is 1.30. The van der Waals surface area contributed by atoms with Crippen LogP contribution in [0.25, 0.3) is 0 Å². The van der Waals surface area contributed by atoms with E-state index in [2.05, 4.69) is 51.7 Å². The van der Waals surface area contributed by atoms with E-state index in [0.717, 1.165) is 24.4 Å². The molecule has 19 heavy (non-hydrogen) atoms. The van der Waals surface area contributed by atoms with E-state index in [0.29, 0.717) is 6.04 Å². The first-order chi connectivity index (χ1) is 9.20. The molecule has 0 aliphatic carbocycles. The summed E-state index contributed by atoms with van der Waals surface area (Å²) in [6.07, 6.45) is 2.29. The summed E-state index contributed by atoms with van der Waals surface area (Å²) in [6, 6.07) is 10.6. The van der Waals surface area contributed by atoms with E-state index < -0.39 is 0 Å². The molecule has 2 aromatic rings. The minimum absolute atomic E-state index is 0.385. The molecule has 0 spiro atoms. The predicted molar refractivity (Wildman–Crippen MR) is 88.0 cm³/mol. The van der Waals surface area contributed by atoms with Gasteiger partial charge < -0.3 is 5.32 Å². The fourth-order valence-electron chi connectivity index (χ4n) is 2.04. The van der Waals surface area contributed by atoms with E-state index in [1.165, 1.54) is 14.9 Å². The van der Waals surface area contributed by atoms with Crippen LogP contribution in [-0.2, 0) is 6.54 Å². The highest BCUT2D eigenvalue weighted by Gasteiger charge is 2.11. The standard InChI is InChI=1S/C15H17BrClNS/c1-2-3-14(11-4-6-12(17)7-5-11)18-10-15-13(16)8-9-19-15/h4-9,14,18H,2-3,10H2,1H3. The maximum absolute atomic E-state index is 5.95. The van der Waals surface area contributed by atoms with Crippen molar-refractivity contribution in [1.82, 2.24) is 5.32 Å². The largest absolute Gasteiger partial charge is 0.305 e. The predicted octanol–water partition coefficient (Wildman–Crippen LogP) is 5.80. The van der Waals surface area contributed by atoms with Crippen LogP contribution in [0.3, 0.4) is 0 Å². The van der Waals surface area contributed by atoms with Gasteiger partial charge in [-0.15, -0.1) is 11.3 Å². The maximum Gasteiger partial charge on any atom is 0.0406 e. The summed E-state index contributed by atoms with van der Waals surface area (Å²) < 4.78 is 1.19. The minimum atomic E-state index is 0.385. The Kier molecular flexibility index (Phi) is 5.89. The third kappa shape index (κ3) is 4.32. The Morgan fingerprint density at radius 1 is 1.26 bits per heavy atom. The molecule has 102 valence electrons. The Balaban J connectivity index is 2.04. The van der Waals surface area contributed by atoms with Crippen LogP contribution in [0, 0.1) is 0 Å². The zero-order valence-electron chi connectivity index (χ0n) is 10.8. The van der Waals surface area contributed by atoms with Crippen molar-refractivity contribution in [1.29, 1.82) is 0 Å². The normalized spacial score (nSPS) is 12.6. The van der Waals surface area contributed by atoms with E-state index in [1.807, 2.05) is 12.1 Å². The van der Waals surface area contributed by atoms with Gasteiger partial charge in [-0.3, -0.25) is 0 Å². The topological polar surface area (TPSA) is 12.0 Å². The van der Waals surface area contributed by atoms with Crippen LogP contribution < -0.4 is 5.32 Å². The lowest BCUT2D eigenvalue weighted by molar-refractivity contribution is 0.495. The molecule has 0 saturated carbocycles. The van der Waals surface area contributed by atoms with Gasteiger partial charge in [0.2, 0.25) is 0 Å². The average Bonchev–Trinajstić information content (AvgIpc) is 2.81. The Bertz CT molecular complexity index is 509. The number of nitrogens with one attached hydrogen (secondary N) is 1. The summed E-state index contributed by atoms with van der Waals surface area (Å²) in [5.74, 6) is 0. The zero-order valence-corrected chi connectivity index (χ0v) is 14.0. The Morgan fingerprint density at radius 2 is 2.00 bits per heavy atom. The third-order valence-corrected chi connectivity index (χ3v) is 5.23. The van der Waals surface area contributed by atoms with Crippen molar-refractivity contribution in [2.45, 2.75) is 32.4 Å². The molecule has 0 aliphatic heterocycles. The van der Waals surface area contributed by atoms with Gasteiger partial charge in [0.05, 0.1) is 0 Å². The monoisotopic (exact) mass is 357 g/mol. The molecule has 1 heterocycles. The molecule has 4 heteroatoms. The molecule has 2 rings (SSSR count). The Morgan fingerprint density at radius 3 is 2.58 bits per heavy atom. The van der Waals surface area contributed by atoms with Crippen molar-refractivity contribution in [3.05, 3.63) is 55.6 Å². The van der Waals surface area contributed by atoms with E-state index in [9.17, 15) is 0 Å². The van der Waals surface area contributed by atoms with Crippen molar-refractivity contribution in [3.8, 4) is 0 Å². The van der Waals surface area contributed by atoms with Gasteiger partial charge in [0.1, 0.15) is 0 Å². The molecule has 0 bridgehead atoms. The minimum Gasteiger partial charge on any atom is -0.305 e. The number of rotatable bonds is 6. The van der Waals surface area contributed by atoms with Gasteiger partial charge in [-0.05, 0) is 51.5 Å². The molecule has 1 aromatic heterocycles. The molecular weight excluding hydrogens is 342 g/mol. The third-order valence-electron chi connectivity index (χ3n) is 3.05. The summed E-state index contributed by atoms with van der Waals surface area (Å²) in [6.45, 7) is 3.11. The molecule has 1 atom stereocenters. The number of thiophene rings is 1. The number of hydrogen-bond donors (Lipinski definition) is 1. The molecule has 0 fully saturated rings. The van der Waals surface area contributed by atoms with Crippen LogP contribution in [0.5, 0.6) is 0 Å². The van der Waals surface area contributed by atoms with Gasteiger partial charge >= 0.3 is 0 Å². The molecule has 1 aromatic carbocycles. The van der Waals surface area contributed by atoms with Crippen LogP contribution in [0.4, 0.5) is 0 Å². The summed E-state index contributed by atoms with van der Waals surface area (Å²) in [4.78, 5) is 1.34. The van der Waals surface area contributed by atoms with Gasteiger partial charge in [-0.1, -0.05) is 37.1 Å². The Hall–Kier alpha value is -0.350. The van der Waals surface area contributed by atoms with Crippen LogP contribution in [0.2, 0.25) is 5.02 Å². The maximum atomic E-state index is 5.95. The van der Waals surface area contributed by atoms with E-state index in [4.69, 9.17) is 11.6 Å². The van der Waals surface area contributed by atoms with Crippen LogP contribution in [0.1, 0.15) is 36.2 Å². The highest BCUT2D eigenvalue weighted by Crippen LogP contribution is 2.25. The average molecular weight is 359 g/mol. The van der Waals surface area contributed by atoms with E-state index in [-0.39, 0.29) is 0 Å². The lowest BCUT2D eigenvalue weighted by Crippen LogP contribution is -2.20.